The molecule has 3 rings (SSSR count). The molecule has 0 aliphatic heterocycles. The van der Waals surface area contributed by atoms with Gasteiger partial charge >= 0.3 is 11.4 Å². The first kappa shape index (κ1) is 15.4. The Labute approximate surface area is 131 Å². The average Bonchev–Trinajstić information content (AvgIpc) is 2.73. The average molecular weight is 321 g/mol. The number of hydrogen-bond acceptors (Lipinski definition) is 3. The molecule has 0 saturated heterocycles. The molecule has 5 nitrogen and oxygen atoms in total. The number of benzene rings is 1. The summed E-state index contributed by atoms with van der Waals surface area (Å²) in [6.45, 7) is 4.15. The molecule has 0 fully saturated rings. The van der Waals surface area contributed by atoms with Gasteiger partial charge in [-0.3, -0.25) is 13.5 Å². The van der Waals surface area contributed by atoms with Gasteiger partial charge in [0.25, 0.3) is 0 Å². The van der Waals surface area contributed by atoms with E-state index in [1.807, 2.05) is 23.6 Å². The highest BCUT2D eigenvalue weighted by Gasteiger charge is 2.26. The fourth-order valence-corrected chi connectivity index (χ4v) is 3.61. The van der Waals surface area contributed by atoms with E-state index in [9.17, 15) is 9.00 Å². The van der Waals surface area contributed by atoms with Gasteiger partial charge in [-0.15, -0.1) is 0 Å². The van der Waals surface area contributed by atoms with E-state index in [0.29, 0.717) is 13.0 Å². The Hall–Kier alpha value is -1.50. The Morgan fingerprint density at radius 3 is 2.91 bits per heavy atom. The van der Waals surface area contributed by atoms with Crippen LogP contribution < -0.4 is 0 Å². The largest absolute Gasteiger partial charge is 0.335 e. The first-order valence-electron chi connectivity index (χ1n) is 7.40. The van der Waals surface area contributed by atoms with Crippen molar-refractivity contribution in [1.29, 1.82) is 0 Å². The summed E-state index contributed by atoms with van der Waals surface area (Å²) in [5.41, 5.74) is 3.99. The van der Waals surface area contributed by atoms with E-state index in [0.717, 1.165) is 40.6 Å². The Balaban J connectivity index is 2.13. The molecule has 118 valence electrons. The molecule has 22 heavy (non-hydrogen) atoms. The molecule has 2 atom stereocenters. The summed E-state index contributed by atoms with van der Waals surface area (Å²) in [6.07, 6.45) is 1.88. The molecule has 0 saturated carbocycles. The molecule has 1 aromatic heterocycles. The molecule has 1 N–H and O–H groups in total. The normalized spacial score (nSPS) is 17.5. The molecule has 1 aliphatic carbocycles. The second-order valence-corrected chi connectivity index (χ2v) is 6.49. The number of Topliss-reactive ketones (excluding diaryl/α,β-unsaturated/α-hetero) is 1. The van der Waals surface area contributed by atoms with Gasteiger partial charge in [-0.05, 0) is 44.4 Å². The van der Waals surface area contributed by atoms with Gasteiger partial charge in [-0.2, -0.15) is 4.21 Å². The number of ketones is 1. The Bertz CT molecular complexity index is 765. The zero-order valence-corrected chi connectivity index (χ0v) is 13.5. The van der Waals surface area contributed by atoms with Gasteiger partial charge in [0, 0.05) is 17.3 Å². The monoisotopic (exact) mass is 321 g/mol. The van der Waals surface area contributed by atoms with Gasteiger partial charge < -0.3 is 4.57 Å². The molecule has 1 aliphatic rings. The summed E-state index contributed by atoms with van der Waals surface area (Å²) in [5.74, 6) is 0.146. The lowest BCUT2D eigenvalue weighted by molar-refractivity contribution is 0.0960. The molecule has 1 aromatic carbocycles. The number of rotatable bonds is 4. The molecule has 0 spiro atoms. The van der Waals surface area contributed by atoms with Crippen LogP contribution in [0.4, 0.5) is 0 Å². The Morgan fingerprint density at radius 2 is 2.18 bits per heavy atom. The van der Waals surface area contributed by atoms with Crippen molar-refractivity contribution in [2.75, 3.05) is 0 Å². The van der Waals surface area contributed by atoms with Crippen molar-refractivity contribution in [3.05, 3.63) is 35.0 Å². The number of hydrogen-bond donors (Lipinski definition) is 1. The van der Waals surface area contributed by atoms with Gasteiger partial charge in [-0.25, -0.2) is 0 Å². The third kappa shape index (κ3) is 2.74. The number of carbonyl (C=O) groups excluding carboxylic acids is 1. The van der Waals surface area contributed by atoms with Gasteiger partial charge in [0.2, 0.25) is 0 Å². The number of nitrogens with zero attached hydrogens (tertiary/aromatic N) is 1. The van der Waals surface area contributed by atoms with Gasteiger partial charge in [0.15, 0.2) is 5.78 Å². The minimum absolute atomic E-state index is 0.146. The van der Waals surface area contributed by atoms with E-state index in [4.69, 9.17) is 8.74 Å². The van der Waals surface area contributed by atoms with Gasteiger partial charge in [-0.1, -0.05) is 11.6 Å². The summed E-state index contributed by atoms with van der Waals surface area (Å²) in [6, 6.07) is 6.14. The lowest BCUT2D eigenvalue weighted by atomic mass is 9.94. The van der Waals surface area contributed by atoms with E-state index < -0.39 is 17.5 Å². The molecule has 0 radical (unpaired) electrons. The second kappa shape index (κ2) is 5.95. The van der Waals surface area contributed by atoms with Crippen molar-refractivity contribution in [2.45, 2.75) is 45.8 Å². The van der Waals surface area contributed by atoms with Crippen LogP contribution in [0.5, 0.6) is 0 Å². The summed E-state index contributed by atoms with van der Waals surface area (Å²) < 4.78 is 26.5. The topological polar surface area (TPSA) is 68.5 Å². The number of aromatic nitrogens is 1. The predicted molar refractivity (Wildman–Crippen MR) is 85.3 cm³/mol. The molecule has 0 bridgehead atoms. The van der Waals surface area contributed by atoms with Crippen LogP contribution in [0, 0.1) is 6.92 Å². The third-order valence-electron chi connectivity index (χ3n) is 4.10. The van der Waals surface area contributed by atoms with Crippen molar-refractivity contribution in [2.24, 2.45) is 0 Å². The van der Waals surface area contributed by atoms with Crippen LogP contribution >= 0.6 is 0 Å². The van der Waals surface area contributed by atoms with Crippen LogP contribution in [0.25, 0.3) is 10.9 Å². The predicted octanol–water partition coefficient (Wildman–Crippen LogP) is 3.01. The Morgan fingerprint density at radius 1 is 1.41 bits per heavy atom. The molecule has 0 amide bonds. The maximum atomic E-state index is 12.4. The number of aryl methyl sites for hydroxylation is 2. The standard InChI is InChI=1S/C16H19NO4S/c1-10-6-7-14-13(8-10)12-4-3-5-15(18)16(12)17(14)9-11(2)21-22(19)20/h6-8,11H,3-5,9H2,1-2H3,(H,19,20). The minimum Gasteiger partial charge on any atom is -0.335 e. The molecule has 2 aromatic rings. The van der Waals surface area contributed by atoms with Crippen molar-refractivity contribution in [1.82, 2.24) is 4.57 Å². The first-order chi connectivity index (χ1) is 10.5. The molecule has 6 heteroatoms. The van der Waals surface area contributed by atoms with Gasteiger partial charge in [0.1, 0.15) is 0 Å². The Kier molecular flexibility index (Phi) is 4.16. The molecule has 1 heterocycles. The van der Waals surface area contributed by atoms with E-state index >= 15 is 0 Å². The van der Waals surface area contributed by atoms with Crippen LogP contribution in [0.15, 0.2) is 18.2 Å². The molecular weight excluding hydrogens is 302 g/mol. The third-order valence-corrected chi connectivity index (χ3v) is 4.60. The summed E-state index contributed by atoms with van der Waals surface area (Å²) in [5, 5.41) is 1.11. The van der Waals surface area contributed by atoms with E-state index in [1.54, 1.807) is 6.92 Å². The number of fused-ring (bicyclic) bond motifs is 3. The summed E-state index contributed by atoms with van der Waals surface area (Å²) >= 11 is -2.30. The fourth-order valence-electron chi connectivity index (χ4n) is 3.27. The van der Waals surface area contributed by atoms with E-state index in [2.05, 4.69) is 6.07 Å². The minimum atomic E-state index is -2.30. The van der Waals surface area contributed by atoms with Crippen molar-refractivity contribution >= 4 is 28.0 Å². The highest BCUT2D eigenvalue weighted by molar-refractivity contribution is 7.74. The van der Waals surface area contributed by atoms with Crippen LogP contribution in [-0.4, -0.2) is 25.2 Å². The number of carbonyl (C=O) groups is 1. The molecule has 2 unspecified atom stereocenters. The maximum Gasteiger partial charge on any atom is 0.302 e. The lowest BCUT2D eigenvalue weighted by Crippen LogP contribution is -2.22. The lowest BCUT2D eigenvalue weighted by Gasteiger charge is -2.17. The van der Waals surface area contributed by atoms with Crippen LogP contribution in [0.3, 0.4) is 0 Å². The zero-order chi connectivity index (χ0) is 15.9. The first-order valence-corrected chi connectivity index (χ1v) is 8.43. The fraction of sp³-hybridized carbons (Fsp3) is 0.438. The SMILES string of the molecule is Cc1ccc2c(c1)c1c(n2CC(C)OS(=O)O)C(=O)CCC1. The van der Waals surface area contributed by atoms with Gasteiger partial charge in [0.05, 0.1) is 18.3 Å². The maximum absolute atomic E-state index is 12.4. The van der Waals surface area contributed by atoms with Crippen molar-refractivity contribution in [3.63, 3.8) is 0 Å². The smallest absolute Gasteiger partial charge is 0.302 e. The zero-order valence-electron chi connectivity index (χ0n) is 12.7. The van der Waals surface area contributed by atoms with E-state index in [-0.39, 0.29) is 5.78 Å². The van der Waals surface area contributed by atoms with Crippen molar-refractivity contribution in [3.8, 4) is 0 Å². The van der Waals surface area contributed by atoms with Crippen LogP contribution in [-0.2, 0) is 28.5 Å². The summed E-state index contributed by atoms with van der Waals surface area (Å²) in [4.78, 5) is 12.4. The molecular formula is C16H19NO4S. The highest BCUT2D eigenvalue weighted by Crippen LogP contribution is 2.33. The van der Waals surface area contributed by atoms with Crippen molar-refractivity contribution < 1.29 is 17.7 Å². The quantitative estimate of drug-likeness (QED) is 0.879. The van der Waals surface area contributed by atoms with Crippen LogP contribution in [0.2, 0.25) is 0 Å². The second-order valence-electron chi connectivity index (χ2n) is 5.86. The summed E-state index contributed by atoms with van der Waals surface area (Å²) in [7, 11) is 0. The van der Waals surface area contributed by atoms with E-state index in [1.165, 1.54) is 0 Å². The highest BCUT2D eigenvalue weighted by atomic mass is 32.2. The van der Waals surface area contributed by atoms with Crippen LogP contribution in [0.1, 0.15) is 41.4 Å².